The Morgan fingerprint density at radius 1 is 1.33 bits per heavy atom. The van der Waals surface area contributed by atoms with Gasteiger partial charge in [0.15, 0.2) is 0 Å². The first kappa shape index (κ1) is 13.8. The maximum absolute atomic E-state index is 12.0. The van der Waals surface area contributed by atoms with Crippen molar-refractivity contribution in [1.82, 2.24) is 5.32 Å². The van der Waals surface area contributed by atoms with Crippen molar-refractivity contribution in [3.63, 3.8) is 0 Å². The topological polar surface area (TPSA) is 64.4 Å². The molecule has 1 saturated heterocycles. The van der Waals surface area contributed by atoms with Crippen molar-refractivity contribution in [3.05, 3.63) is 0 Å². The van der Waals surface area contributed by atoms with Crippen molar-refractivity contribution in [2.24, 2.45) is 11.7 Å². The van der Waals surface area contributed by atoms with E-state index in [1.165, 1.54) is 6.42 Å². The van der Waals surface area contributed by atoms with Crippen LogP contribution < -0.4 is 11.1 Å². The largest absolute Gasteiger partial charge is 0.378 e. The molecule has 1 saturated carbocycles. The Kier molecular flexibility index (Phi) is 5.01. The van der Waals surface area contributed by atoms with Crippen molar-refractivity contribution < 1.29 is 9.53 Å². The van der Waals surface area contributed by atoms with Gasteiger partial charge in [0.2, 0.25) is 5.91 Å². The molecule has 0 aromatic carbocycles. The Labute approximate surface area is 110 Å². The summed E-state index contributed by atoms with van der Waals surface area (Å²) in [4.78, 5) is 12.0. The van der Waals surface area contributed by atoms with E-state index in [2.05, 4.69) is 12.2 Å². The Balaban J connectivity index is 1.71. The standard InChI is InChI=1S/C14H26N2O2/c1-10-7-13(5-6-18-10)16-14(17)9-11-3-2-4-12(15)8-11/h10-13H,2-9,15H2,1H3,(H,16,17). The molecule has 0 spiro atoms. The van der Waals surface area contributed by atoms with Crippen LogP contribution in [0.15, 0.2) is 0 Å². The molecular weight excluding hydrogens is 228 g/mol. The second kappa shape index (κ2) is 6.53. The van der Waals surface area contributed by atoms with Crippen LogP contribution in [0.4, 0.5) is 0 Å². The van der Waals surface area contributed by atoms with Gasteiger partial charge in [-0.05, 0) is 44.9 Å². The summed E-state index contributed by atoms with van der Waals surface area (Å²) in [6.07, 6.45) is 7.27. The van der Waals surface area contributed by atoms with Crippen LogP contribution >= 0.6 is 0 Å². The number of hydrogen-bond acceptors (Lipinski definition) is 3. The van der Waals surface area contributed by atoms with Crippen molar-refractivity contribution >= 4 is 5.91 Å². The summed E-state index contributed by atoms with van der Waals surface area (Å²) in [5.41, 5.74) is 5.96. The highest BCUT2D eigenvalue weighted by Gasteiger charge is 2.24. The van der Waals surface area contributed by atoms with Crippen molar-refractivity contribution in [3.8, 4) is 0 Å². The molecule has 2 aliphatic rings. The van der Waals surface area contributed by atoms with E-state index >= 15 is 0 Å². The van der Waals surface area contributed by atoms with Crippen LogP contribution in [-0.4, -0.2) is 30.7 Å². The monoisotopic (exact) mass is 254 g/mol. The van der Waals surface area contributed by atoms with Gasteiger partial charge < -0.3 is 15.8 Å². The highest BCUT2D eigenvalue weighted by molar-refractivity contribution is 5.76. The van der Waals surface area contributed by atoms with E-state index in [-0.39, 0.29) is 12.0 Å². The van der Waals surface area contributed by atoms with Crippen LogP contribution in [0.5, 0.6) is 0 Å². The molecular formula is C14H26N2O2. The molecule has 18 heavy (non-hydrogen) atoms. The first-order chi connectivity index (χ1) is 8.63. The highest BCUT2D eigenvalue weighted by Crippen LogP contribution is 2.26. The number of nitrogens with two attached hydrogens (primary N) is 1. The fourth-order valence-corrected chi connectivity index (χ4v) is 3.20. The van der Waals surface area contributed by atoms with E-state index in [1.807, 2.05) is 0 Å². The van der Waals surface area contributed by atoms with Crippen LogP contribution in [-0.2, 0) is 9.53 Å². The van der Waals surface area contributed by atoms with Gasteiger partial charge in [-0.15, -0.1) is 0 Å². The third-order valence-electron chi connectivity index (χ3n) is 4.15. The minimum absolute atomic E-state index is 0.202. The van der Waals surface area contributed by atoms with Crippen LogP contribution in [0.25, 0.3) is 0 Å². The fraction of sp³-hybridized carbons (Fsp3) is 0.929. The SMILES string of the molecule is CC1CC(NC(=O)CC2CCCC(N)C2)CCO1. The Bertz CT molecular complexity index is 257. The predicted octanol–water partition coefficient (Wildman–Crippen LogP) is 1.58. The van der Waals surface area contributed by atoms with Crippen LogP contribution in [0, 0.1) is 5.92 Å². The lowest BCUT2D eigenvalue weighted by Gasteiger charge is -2.30. The first-order valence-electron chi connectivity index (χ1n) is 7.30. The van der Waals surface area contributed by atoms with Gasteiger partial charge in [0.05, 0.1) is 6.10 Å². The van der Waals surface area contributed by atoms with Gasteiger partial charge >= 0.3 is 0 Å². The van der Waals surface area contributed by atoms with Gasteiger partial charge in [-0.25, -0.2) is 0 Å². The van der Waals surface area contributed by atoms with E-state index in [0.29, 0.717) is 24.4 Å². The quantitative estimate of drug-likeness (QED) is 0.803. The third-order valence-corrected chi connectivity index (χ3v) is 4.15. The Morgan fingerprint density at radius 2 is 2.17 bits per heavy atom. The zero-order valence-corrected chi connectivity index (χ0v) is 11.4. The van der Waals surface area contributed by atoms with Gasteiger partial charge in [-0.2, -0.15) is 0 Å². The first-order valence-corrected chi connectivity index (χ1v) is 7.30. The zero-order chi connectivity index (χ0) is 13.0. The number of hydrogen-bond donors (Lipinski definition) is 2. The number of rotatable bonds is 3. The summed E-state index contributed by atoms with van der Waals surface area (Å²) in [6.45, 7) is 2.83. The van der Waals surface area contributed by atoms with E-state index in [1.54, 1.807) is 0 Å². The van der Waals surface area contributed by atoms with Gasteiger partial charge in [-0.3, -0.25) is 4.79 Å². The van der Waals surface area contributed by atoms with Gasteiger partial charge in [0.25, 0.3) is 0 Å². The average molecular weight is 254 g/mol. The number of carbonyl (C=O) groups excluding carboxylic acids is 1. The smallest absolute Gasteiger partial charge is 0.220 e. The Morgan fingerprint density at radius 3 is 2.89 bits per heavy atom. The summed E-state index contributed by atoms with van der Waals surface area (Å²) in [7, 11) is 0. The Hall–Kier alpha value is -0.610. The van der Waals surface area contributed by atoms with E-state index in [9.17, 15) is 4.79 Å². The minimum atomic E-state index is 0.202. The maximum Gasteiger partial charge on any atom is 0.220 e. The van der Waals surface area contributed by atoms with Crippen molar-refractivity contribution in [1.29, 1.82) is 0 Å². The molecule has 4 heteroatoms. The van der Waals surface area contributed by atoms with Crippen LogP contribution in [0.3, 0.4) is 0 Å². The van der Waals surface area contributed by atoms with Gasteiger partial charge in [0.1, 0.15) is 0 Å². The van der Waals surface area contributed by atoms with Gasteiger partial charge in [-0.1, -0.05) is 6.42 Å². The molecule has 2 rings (SSSR count). The molecule has 4 atom stereocenters. The molecule has 0 radical (unpaired) electrons. The zero-order valence-electron chi connectivity index (χ0n) is 11.4. The molecule has 1 aliphatic heterocycles. The molecule has 3 N–H and O–H groups in total. The summed E-state index contributed by atoms with van der Waals surface area (Å²) in [6, 6.07) is 0.609. The molecule has 1 heterocycles. The molecule has 1 aliphatic carbocycles. The average Bonchev–Trinajstić information content (AvgIpc) is 2.28. The van der Waals surface area contributed by atoms with Gasteiger partial charge in [0, 0.05) is 25.1 Å². The number of ether oxygens (including phenoxy) is 1. The summed E-state index contributed by atoms with van der Waals surface area (Å²) < 4.78 is 5.49. The molecule has 0 aromatic rings. The third kappa shape index (κ3) is 4.25. The number of amides is 1. The second-order valence-electron chi connectivity index (χ2n) is 5.97. The molecule has 4 nitrogen and oxygen atoms in total. The maximum atomic E-state index is 12.0. The molecule has 2 fully saturated rings. The highest BCUT2D eigenvalue weighted by atomic mass is 16.5. The molecule has 0 bridgehead atoms. The normalized spacial score (nSPS) is 37.2. The summed E-state index contributed by atoms with van der Waals surface area (Å²) in [5, 5.41) is 3.15. The molecule has 4 unspecified atom stereocenters. The van der Waals surface area contributed by atoms with E-state index < -0.39 is 0 Å². The second-order valence-corrected chi connectivity index (χ2v) is 5.97. The fourth-order valence-electron chi connectivity index (χ4n) is 3.20. The van der Waals surface area contributed by atoms with Crippen molar-refractivity contribution in [2.45, 2.75) is 70.1 Å². The van der Waals surface area contributed by atoms with Crippen molar-refractivity contribution in [2.75, 3.05) is 6.61 Å². The molecule has 1 amide bonds. The van der Waals surface area contributed by atoms with Crippen LogP contribution in [0.1, 0.15) is 51.9 Å². The lowest BCUT2D eigenvalue weighted by atomic mass is 9.84. The number of carbonyl (C=O) groups is 1. The summed E-state index contributed by atoms with van der Waals surface area (Å²) >= 11 is 0. The predicted molar refractivity (Wildman–Crippen MR) is 71.1 cm³/mol. The summed E-state index contributed by atoms with van der Waals surface area (Å²) in [5.74, 6) is 0.694. The van der Waals surface area contributed by atoms with Crippen LogP contribution in [0.2, 0.25) is 0 Å². The minimum Gasteiger partial charge on any atom is -0.378 e. The van der Waals surface area contributed by atoms with E-state index in [0.717, 1.165) is 38.7 Å². The molecule has 104 valence electrons. The van der Waals surface area contributed by atoms with E-state index in [4.69, 9.17) is 10.5 Å². The number of nitrogens with one attached hydrogen (secondary N) is 1. The lowest BCUT2D eigenvalue weighted by molar-refractivity contribution is -0.123. The molecule has 0 aromatic heterocycles. The lowest BCUT2D eigenvalue weighted by Crippen LogP contribution is -2.42.